The fourth-order valence-electron chi connectivity index (χ4n) is 1.59. The monoisotopic (exact) mass is 189 g/mol. The van der Waals surface area contributed by atoms with Crippen LogP contribution in [0.5, 0.6) is 0 Å². The molecule has 0 spiro atoms. The van der Waals surface area contributed by atoms with Gasteiger partial charge in [-0.25, -0.2) is 0 Å². The molecule has 0 heterocycles. The van der Waals surface area contributed by atoms with Gasteiger partial charge in [0.2, 0.25) is 0 Å². The van der Waals surface area contributed by atoms with Crippen molar-refractivity contribution in [3.63, 3.8) is 0 Å². The summed E-state index contributed by atoms with van der Waals surface area (Å²) >= 11 is 1.90. The van der Waals surface area contributed by atoms with E-state index in [0.717, 1.165) is 0 Å². The summed E-state index contributed by atoms with van der Waals surface area (Å²) in [4.78, 5) is 0. The Kier molecular flexibility index (Phi) is 4.40. The summed E-state index contributed by atoms with van der Waals surface area (Å²) < 4.78 is 5.21. The smallest absolute Gasteiger partial charge is 0.0601 e. The van der Waals surface area contributed by atoms with Crippen LogP contribution in [0.15, 0.2) is 0 Å². The van der Waals surface area contributed by atoms with Crippen molar-refractivity contribution in [3.05, 3.63) is 0 Å². The third-order valence-electron chi connectivity index (χ3n) is 2.37. The van der Waals surface area contributed by atoms with Crippen molar-refractivity contribution in [2.24, 2.45) is 0 Å². The Bertz CT molecular complexity index is 126. The van der Waals surface area contributed by atoms with Crippen molar-refractivity contribution in [2.45, 2.75) is 38.0 Å². The zero-order valence-corrected chi connectivity index (χ0v) is 8.99. The third kappa shape index (κ3) is 2.96. The first-order valence-corrected chi connectivity index (χ1v) is 5.93. The van der Waals surface area contributed by atoms with E-state index in [4.69, 9.17) is 4.74 Å². The van der Waals surface area contributed by atoms with Crippen LogP contribution in [0.4, 0.5) is 0 Å². The zero-order chi connectivity index (χ0) is 8.97. The Morgan fingerprint density at radius 2 is 2.25 bits per heavy atom. The van der Waals surface area contributed by atoms with Gasteiger partial charge in [-0.2, -0.15) is 11.8 Å². The average molecular weight is 189 g/mol. The first-order chi connectivity index (χ1) is 5.76. The molecule has 0 amide bonds. The van der Waals surface area contributed by atoms with Gasteiger partial charge in [-0.05, 0) is 26.0 Å². The van der Waals surface area contributed by atoms with Gasteiger partial charge in [0.1, 0.15) is 0 Å². The van der Waals surface area contributed by atoms with Gasteiger partial charge in [0.05, 0.1) is 6.10 Å². The number of hydrogen-bond donors (Lipinski definition) is 1. The Morgan fingerprint density at radius 3 is 2.75 bits per heavy atom. The Labute approximate surface area is 79.4 Å². The predicted molar refractivity (Wildman–Crippen MR) is 54.8 cm³/mol. The molecule has 12 heavy (non-hydrogen) atoms. The number of nitrogens with one attached hydrogen (secondary N) is 1. The fraction of sp³-hybridized carbons (Fsp3) is 1.00. The normalized spacial score (nSPS) is 31.2. The predicted octanol–water partition coefficient (Wildman–Crippen LogP) is 1.50. The lowest BCUT2D eigenvalue weighted by Gasteiger charge is -2.36. The minimum Gasteiger partial charge on any atom is -0.381 e. The molecule has 0 bridgehead atoms. The van der Waals surface area contributed by atoms with Gasteiger partial charge in [0.15, 0.2) is 0 Å². The number of thioether (sulfide) groups is 1. The molecule has 1 atom stereocenters. The molecule has 72 valence electrons. The lowest BCUT2D eigenvalue weighted by Crippen LogP contribution is -2.48. The van der Waals surface area contributed by atoms with E-state index in [1.54, 1.807) is 7.11 Å². The molecule has 0 radical (unpaired) electrons. The molecule has 1 rings (SSSR count). The average Bonchev–Trinajstić information content (AvgIpc) is 1.96. The molecule has 3 heteroatoms. The van der Waals surface area contributed by atoms with E-state index in [2.05, 4.69) is 18.5 Å². The van der Waals surface area contributed by atoms with Crippen molar-refractivity contribution in [1.82, 2.24) is 5.32 Å². The highest BCUT2D eigenvalue weighted by molar-refractivity contribution is 7.98. The second kappa shape index (κ2) is 5.10. The highest BCUT2D eigenvalue weighted by Gasteiger charge is 2.29. The van der Waals surface area contributed by atoms with Crippen LogP contribution in [0.3, 0.4) is 0 Å². The van der Waals surface area contributed by atoms with Crippen LogP contribution < -0.4 is 5.32 Å². The lowest BCUT2D eigenvalue weighted by atomic mass is 9.89. The maximum atomic E-state index is 5.21. The van der Waals surface area contributed by atoms with Crippen LogP contribution in [0.1, 0.15) is 19.8 Å². The minimum atomic E-state index is 0.518. The minimum absolute atomic E-state index is 0.518. The van der Waals surface area contributed by atoms with Crippen LogP contribution in [0.2, 0.25) is 0 Å². The molecule has 1 aliphatic carbocycles. The summed E-state index contributed by atoms with van der Waals surface area (Å²) in [6.45, 7) is 2.25. The van der Waals surface area contributed by atoms with Crippen molar-refractivity contribution in [2.75, 3.05) is 19.1 Å². The van der Waals surface area contributed by atoms with Gasteiger partial charge in [-0.15, -0.1) is 0 Å². The van der Waals surface area contributed by atoms with Gasteiger partial charge >= 0.3 is 0 Å². The molecule has 1 N–H and O–H groups in total. The molecule has 0 saturated heterocycles. The molecule has 1 aliphatic rings. The second-order valence-electron chi connectivity index (χ2n) is 3.55. The highest BCUT2D eigenvalue weighted by Crippen LogP contribution is 2.23. The Balaban J connectivity index is 2.02. The van der Waals surface area contributed by atoms with E-state index >= 15 is 0 Å². The van der Waals surface area contributed by atoms with Crippen LogP contribution in [0.25, 0.3) is 0 Å². The van der Waals surface area contributed by atoms with Crippen LogP contribution in [-0.2, 0) is 4.74 Å². The fourth-order valence-corrected chi connectivity index (χ4v) is 2.19. The van der Waals surface area contributed by atoms with E-state index in [0.29, 0.717) is 18.2 Å². The van der Waals surface area contributed by atoms with Crippen LogP contribution in [-0.4, -0.2) is 37.3 Å². The molecule has 1 fully saturated rings. The summed E-state index contributed by atoms with van der Waals surface area (Å²) in [6, 6.07) is 1.35. The molecule has 1 saturated carbocycles. The van der Waals surface area contributed by atoms with Gasteiger partial charge in [0, 0.05) is 24.9 Å². The molecule has 0 aromatic heterocycles. The standard InChI is InChI=1S/C9H19NOS/c1-7(6-12-3)10-8-4-9(5-8)11-2/h7-10H,4-6H2,1-3H3. The summed E-state index contributed by atoms with van der Waals surface area (Å²) in [5.74, 6) is 1.20. The number of methoxy groups -OCH3 is 1. The summed E-state index contributed by atoms with van der Waals surface area (Å²) in [5.41, 5.74) is 0. The lowest BCUT2D eigenvalue weighted by molar-refractivity contribution is 0.0155. The van der Waals surface area contributed by atoms with Crippen LogP contribution in [0, 0.1) is 0 Å². The van der Waals surface area contributed by atoms with Crippen molar-refractivity contribution < 1.29 is 4.74 Å². The molecular formula is C9H19NOS. The molecule has 0 aliphatic heterocycles. The topological polar surface area (TPSA) is 21.3 Å². The largest absolute Gasteiger partial charge is 0.381 e. The van der Waals surface area contributed by atoms with E-state index < -0.39 is 0 Å². The molecule has 0 aromatic rings. The van der Waals surface area contributed by atoms with Crippen molar-refractivity contribution in [3.8, 4) is 0 Å². The SMILES string of the molecule is COC1CC(NC(C)CSC)C1. The van der Waals surface area contributed by atoms with E-state index in [1.807, 2.05) is 11.8 Å². The van der Waals surface area contributed by atoms with Gasteiger partial charge < -0.3 is 10.1 Å². The summed E-state index contributed by atoms with van der Waals surface area (Å²) in [7, 11) is 1.80. The van der Waals surface area contributed by atoms with E-state index in [-0.39, 0.29) is 0 Å². The molecule has 2 nitrogen and oxygen atoms in total. The maximum Gasteiger partial charge on any atom is 0.0601 e. The maximum absolute atomic E-state index is 5.21. The molecular weight excluding hydrogens is 170 g/mol. The van der Waals surface area contributed by atoms with Gasteiger partial charge in [-0.3, -0.25) is 0 Å². The van der Waals surface area contributed by atoms with Crippen LogP contribution >= 0.6 is 11.8 Å². The number of rotatable bonds is 5. The van der Waals surface area contributed by atoms with Crippen molar-refractivity contribution in [1.29, 1.82) is 0 Å². The Hall–Kier alpha value is 0.270. The molecule has 1 unspecified atom stereocenters. The molecule has 0 aromatic carbocycles. The van der Waals surface area contributed by atoms with Gasteiger partial charge in [-0.1, -0.05) is 0 Å². The van der Waals surface area contributed by atoms with E-state index in [9.17, 15) is 0 Å². The number of hydrogen-bond acceptors (Lipinski definition) is 3. The summed E-state index contributed by atoms with van der Waals surface area (Å²) in [6.07, 6.45) is 5.05. The first-order valence-electron chi connectivity index (χ1n) is 4.54. The second-order valence-corrected chi connectivity index (χ2v) is 4.46. The highest BCUT2D eigenvalue weighted by atomic mass is 32.2. The first kappa shape index (κ1) is 10.4. The Morgan fingerprint density at radius 1 is 1.58 bits per heavy atom. The van der Waals surface area contributed by atoms with Gasteiger partial charge in [0.25, 0.3) is 0 Å². The zero-order valence-electron chi connectivity index (χ0n) is 8.17. The number of ether oxygens (including phenoxy) is 1. The van der Waals surface area contributed by atoms with E-state index in [1.165, 1.54) is 18.6 Å². The van der Waals surface area contributed by atoms with Crippen molar-refractivity contribution >= 4 is 11.8 Å². The third-order valence-corrected chi connectivity index (χ3v) is 3.20. The summed E-state index contributed by atoms with van der Waals surface area (Å²) in [5, 5.41) is 3.58. The quantitative estimate of drug-likeness (QED) is 0.708.